The van der Waals surface area contributed by atoms with Crippen molar-refractivity contribution in [3.8, 4) is 0 Å². The number of anilines is 2. The van der Waals surface area contributed by atoms with Gasteiger partial charge in [-0.1, -0.05) is 6.07 Å². The fraction of sp³-hybridized carbons (Fsp3) is 0.368. The molecule has 2 aromatic carbocycles. The highest BCUT2D eigenvalue weighted by atomic mass is 32.2. The monoisotopic (exact) mass is 359 g/mol. The smallest absolute Gasteiger partial charge is 0.261 e. The van der Waals surface area contributed by atoms with Crippen molar-refractivity contribution < 1.29 is 8.42 Å². The predicted octanol–water partition coefficient (Wildman–Crippen LogP) is 2.86. The summed E-state index contributed by atoms with van der Waals surface area (Å²) in [6.45, 7) is 7.95. The highest BCUT2D eigenvalue weighted by molar-refractivity contribution is 7.92. The van der Waals surface area contributed by atoms with Gasteiger partial charge in [0.05, 0.1) is 4.90 Å². The van der Waals surface area contributed by atoms with E-state index in [4.69, 9.17) is 0 Å². The zero-order chi connectivity index (χ0) is 18.0. The number of nitrogens with one attached hydrogen (secondary N) is 1. The van der Waals surface area contributed by atoms with Crippen LogP contribution in [0.1, 0.15) is 11.1 Å². The lowest BCUT2D eigenvalue weighted by Crippen LogP contribution is -2.44. The molecule has 1 aliphatic rings. The standard InChI is InChI=1S/C19H25N3O2S/c1-15-4-9-19(14-16(15)2)25(23,24)20-17-5-7-18(8-6-17)22-12-10-21(3)11-13-22/h4-9,14,20H,10-13H2,1-3H3. The SMILES string of the molecule is Cc1ccc(S(=O)(=O)Nc2ccc(N3CCN(C)CC3)cc2)cc1C. The third kappa shape index (κ3) is 4.14. The summed E-state index contributed by atoms with van der Waals surface area (Å²) in [5.41, 5.74) is 3.75. The topological polar surface area (TPSA) is 52.7 Å². The van der Waals surface area contributed by atoms with Gasteiger partial charge < -0.3 is 9.80 Å². The van der Waals surface area contributed by atoms with Crippen LogP contribution in [-0.2, 0) is 10.0 Å². The van der Waals surface area contributed by atoms with E-state index in [2.05, 4.69) is 21.6 Å². The first-order valence-electron chi connectivity index (χ1n) is 8.49. The van der Waals surface area contributed by atoms with E-state index in [9.17, 15) is 8.42 Å². The Labute approximate surface area is 150 Å². The lowest BCUT2D eigenvalue weighted by molar-refractivity contribution is 0.313. The molecule has 6 heteroatoms. The molecule has 25 heavy (non-hydrogen) atoms. The van der Waals surface area contributed by atoms with Crippen LogP contribution in [0, 0.1) is 13.8 Å². The molecule has 1 saturated heterocycles. The lowest BCUT2D eigenvalue weighted by Gasteiger charge is -2.34. The zero-order valence-corrected chi connectivity index (χ0v) is 15.8. The Bertz CT molecular complexity index is 839. The Morgan fingerprint density at radius 2 is 1.52 bits per heavy atom. The number of benzene rings is 2. The summed E-state index contributed by atoms with van der Waals surface area (Å²) in [6, 6.07) is 12.8. The first-order chi connectivity index (χ1) is 11.8. The van der Waals surface area contributed by atoms with Crippen LogP contribution >= 0.6 is 0 Å². The van der Waals surface area contributed by atoms with Crippen molar-refractivity contribution in [3.05, 3.63) is 53.6 Å². The highest BCUT2D eigenvalue weighted by Gasteiger charge is 2.16. The summed E-state index contributed by atoms with van der Waals surface area (Å²) in [4.78, 5) is 4.92. The summed E-state index contributed by atoms with van der Waals surface area (Å²) < 4.78 is 27.8. The van der Waals surface area contributed by atoms with Crippen LogP contribution in [-0.4, -0.2) is 46.5 Å². The maximum atomic E-state index is 12.6. The van der Waals surface area contributed by atoms with Crippen molar-refractivity contribution in [2.24, 2.45) is 0 Å². The van der Waals surface area contributed by atoms with Crippen molar-refractivity contribution in [3.63, 3.8) is 0 Å². The number of hydrogen-bond donors (Lipinski definition) is 1. The Kier molecular flexibility index (Phi) is 5.01. The number of rotatable bonds is 4. The van der Waals surface area contributed by atoms with Crippen molar-refractivity contribution in [1.29, 1.82) is 0 Å². The molecule has 0 aliphatic carbocycles. The molecule has 0 unspecified atom stereocenters. The van der Waals surface area contributed by atoms with Gasteiger partial charge in [-0.25, -0.2) is 8.42 Å². The van der Waals surface area contributed by atoms with E-state index in [1.165, 1.54) is 0 Å². The number of piperazine rings is 1. The Balaban J connectivity index is 1.73. The number of hydrogen-bond acceptors (Lipinski definition) is 4. The molecule has 5 nitrogen and oxygen atoms in total. The van der Waals surface area contributed by atoms with Crippen LogP contribution in [0.4, 0.5) is 11.4 Å². The molecule has 0 bridgehead atoms. The van der Waals surface area contributed by atoms with Gasteiger partial charge in [-0.2, -0.15) is 0 Å². The van der Waals surface area contributed by atoms with E-state index >= 15 is 0 Å². The van der Waals surface area contributed by atoms with E-state index in [0.717, 1.165) is 43.0 Å². The van der Waals surface area contributed by atoms with Crippen molar-refractivity contribution in [2.75, 3.05) is 42.8 Å². The maximum Gasteiger partial charge on any atom is 0.261 e. The van der Waals surface area contributed by atoms with Crippen LogP contribution in [0.25, 0.3) is 0 Å². The molecular formula is C19H25N3O2S. The van der Waals surface area contributed by atoms with Gasteiger partial charge in [-0.15, -0.1) is 0 Å². The van der Waals surface area contributed by atoms with Gasteiger partial charge in [0, 0.05) is 37.6 Å². The Hall–Kier alpha value is -2.05. The van der Waals surface area contributed by atoms with Crippen molar-refractivity contribution >= 4 is 21.4 Å². The van der Waals surface area contributed by atoms with E-state index in [1.54, 1.807) is 12.1 Å². The highest BCUT2D eigenvalue weighted by Crippen LogP contribution is 2.22. The second-order valence-electron chi connectivity index (χ2n) is 6.69. The number of likely N-dealkylation sites (N-methyl/N-ethyl adjacent to an activating group) is 1. The van der Waals surface area contributed by atoms with Gasteiger partial charge in [0.2, 0.25) is 0 Å². The molecule has 3 rings (SSSR count). The molecule has 2 aromatic rings. The average molecular weight is 359 g/mol. The molecule has 0 saturated carbocycles. The largest absolute Gasteiger partial charge is 0.369 e. The molecule has 0 radical (unpaired) electrons. The fourth-order valence-corrected chi connectivity index (χ4v) is 4.04. The molecule has 134 valence electrons. The van der Waals surface area contributed by atoms with Crippen molar-refractivity contribution in [2.45, 2.75) is 18.7 Å². The number of sulfonamides is 1. The minimum Gasteiger partial charge on any atom is -0.369 e. The Morgan fingerprint density at radius 3 is 2.12 bits per heavy atom. The van der Waals surface area contributed by atoms with Crippen LogP contribution in [0.15, 0.2) is 47.4 Å². The van der Waals surface area contributed by atoms with Gasteiger partial charge in [-0.3, -0.25) is 4.72 Å². The third-order valence-electron chi connectivity index (χ3n) is 4.78. The zero-order valence-electron chi connectivity index (χ0n) is 15.0. The van der Waals surface area contributed by atoms with Crippen LogP contribution in [0.3, 0.4) is 0 Å². The van der Waals surface area contributed by atoms with Crippen LogP contribution in [0.2, 0.25) is 0 Å². The second-order valence-corrected chi connectivity index (χ2v) is 8.37. The number of nitrogens with zero attached hydrogens (tertiary/aromatic N) is 2. The first-order valence-corrected chi connectivity index (χ1v) is 9.97. The summed E-state index contributed by atoms with van der Waals surface area (Å²) in [7, 11) is -1.44. The van der Waals surface area contributed by atoms with Gasteiger partial charge in [-0.05, 0) is 68.4 Å². The van der Waals surface area contributed by atoms with E-state index in [0.29, 0.717) is 10.6 Å². The Morgan fingerprint density at radius 1 is 0.880 bits per heavy atom. The van der Waals surface area contributed by atoms with E-state index in [1.807, 2.05) is 44.2 Å². The quantitative estimate of drug-likeness (QED) is 0.912. The summed E-state index contributed by atoms with van der Waals surface area (Å²) >= 11 is 0. The summed E-state index contributed by atoms with van der Waals surface area (Å²) in [5.74, 6) is 0. The normalized spacial score (nSPS) is 16.0. The third-order valence-corrected chi connectivity index (χ3v) is 6.16. The molecule has 0 spiro atoms. The molecular weight excluding hydrogens is 334 g/mol. The molecule has 1 N–H and O–H groups in total. The predicted molar refractivity (Wildman–Crippen MR) is 103 cm³/mol. The van der Waals surface area contributed by atoms with Crippen LogP contribution in [0.5, 0.6) is 0 Å². The van der Waals surface area contributed by atoms with Gasteiger partial charge in [0.15, 0.2) is 0 Å². The van der Waals surface area contributed by atoms with E-state index in [-0.39, 0.29) is 0 Å². The second kappa shape index (κ2) is 7.06. The average Bonchev–Trinajstić information content (AvgIpc) is 2.58. The summed E-state index contributed by atoms with van der Waals surface area (Å²) in [5, 5.41) is 0. The molecule has 0 aromatic heterocycles. The molecule has 1 fully saturated rings. The molecule has 1 heterocycles. The first kappa shape index (κ1) is 17.8. The molecule has 1 aliphatic heterocycles. The van der Waals surface area contributed by atoms with Crippen LogP contribution < -0.4 is 9.62 Å². The summed E-state index contributed by atoms with van der Waals surface area (Å²) in [6.07, 6.45) is 0. The number of aryl methyl sites for hydroxylation is 2. The molecule has 0 atom stereocenters. The van der Waals surface area contributed by atoms with Crippen molar-refractivity contribution in [1.82, 2.24) is 4.90 Å². The minimum absolute atomic E-state index is 0.291. The minimum atomic E-state index is -3.57. The van der Waals surface area contributed by atoms with Gasteiger partial charge in [0.25, 0.3) is 10.0 Å². The van der Waals surface area contributed by atoms with Gasteiger partial charge in [0.1, 0.15) is 0 Å². The maximum absolute atomic E-state index is 12.6. The van der Waals surface area contributed by atoms with E-state index < -0.39 is 10.0 Å². The molecule has 0 amide bonds. The fourth-order valence-electron chi connectivity index (χ4n) is 2.90. The lowest BCUT2D eigenvalue weighted by atomic mass is 10.1. The van der Waals surface area contributed by atoms with Gasteiger partial charge >= 0.3 is 0 Å².